The quantitative estimate of drug-likeness (QED) is 0.829. The van der Waals surface area contributed by atoms with E-state index in [0.717, 1.165) is 30.8 Å². The van der Waals surface area contributed by atoms with Gasteiger partial charge in [-0.3, -0.25) is 9.48 Å². The third-order valence-corrected chi connectivity index (χ3v) is 4.20. The van der Waals surface area contributed by atoms with Crippen LogP contribution in [0, 0.1) is 12.8 Å². The van der Waals surface area contributed by atoms with Gasteiger partial charge in [0.1, 0.15) is 5.78 Å². The summed E-state index contributed by atoms with van der Waals surface area (Å²) in [5, 5.41) is 4.43. The van der Waals surface area contributed by atoms with Crippen LogP contribution >= 0.6 is 0 Å². The fraction of sp³-hybridized carbons (Fsp3) is 0.750. The number of carbonyl (C=O) groups excluding carboxylic acids is 1. The van der Waals surface area contributed by atoms with Crippen LogP contribution in [0.3, 0.4) is 0 Å². The third kappa shape index (κ3) is 3.92. The van der Waals surface area contributed by atoms with E-state index in [1.165, 1.54) is 32.1 Å². The predicted molar refractivity (Wildman–Crippen MR) is 77.2 cm³/mol. The van der Waals surface area contributed by atoms with Gasteiger partial charge in [0.25, 0.3) is 0 Å². The molecule has 0 amide bonds. The zero-order valence-electron chi connectivity index (χ0n) is 12.3. The number of hydrogen-bond donors (Lipinski definition) is 0. The molecule has 0 saturated heterocycles. The van der Waals surface area contributed by atoms with E-state index in [2.05, 4.69) is 18.1 Å². The first kappa shape index (κ1) is 14.3. The average Bonchev–Trinajstić information content (AvgIpc) is 2.68. The first-order valence-corrected chi connectivity index (χ1v) is 7.76. The number of ketones is 1. The molecule has 2 rings (SSSR count). The molecule has 1 aliphatic rings. The molecule has 1 aromatic rings. The van der Waals surface area contributed by atoms with Gasteiger partial charge in [0, 0.05) is 24.6 Å². The van der Waals surface area contributed by atoms with Crippen molar-refractivity contribution in [3.8, 4) is 0 Å². The topological polar surface area (TPSA) is 34.9 Å². The predicted octanol–water partition coefficient (Wildman–Crippen LogP) is 3.68. The maximum absolute atomic E-state index is 12.5. The Kier molecular flexibility index (Phi) is 5.17. The Balaban J connectivity index is 1.98. The van der Waals surface area contributed by atoms with Gasteiger partial charge in [0.05, 0.1) is 5.69 Å². The van der Waals surface area contributed by atoms with Gasteiger partial charge in [-0.05, 0) is 32.8 Å². The maximum atomic E-state index is 12.5. The second-order valence-electron chi connectivity index (χ2n) is 5.78. The van der Waals surface area contributed by atoms with E-state index in [0.29, 0.717) is 18.1 Å². The second kappa shape index (κ2) is 6.88. The first-order chi connectivity index (χ1) is 9.20. The molecule has 0 aliphatic heterocycles. The highest BCUT2D eigenvalue weighted by Gasteiger charge is 2.20. The smallest absolute Gasteiger partial charge is 0.141 e. The van der Waals surface area contributed by atoms with Crippen LogP contribution in [0.15, 0.2) is 6.07 Å². The zero-order chi connectivity index (χ0) is 13.7. The fourth-order valence-electron chi connectivity index (χ4n) is 3.12. The lowest BCUT2D eigenvalue weighted by Gasteiger charge is -2.18. The maximum Gasteiger partial charge on any atom is 0.141 e. The number of aromatic nitrogens is 2. The van der Waals surface area contributed by atoms with Gasteiger partial charge in [0.15, 0.2) is 0 Å². The molecule has 0 unspecified atom stereocenters. The lowest BCUT2D eigenvalue weighted by Crippen LogP contribution is -2.19. The minimum atomic E-state index is 0.292. The molecule has 0 aromatic carbocycles. The average molecular weight is 262 g/mol. The van der Waals surface area contributed by atoms with Crippen molar-refractivity contribution in [1.29, 1.82) is 0 Å². The number of rotatable bonds is 4. The molecule has 0 bridgehead atoms. The Morgan fingerprint density at radius 2 is 1.89 bits per heavy atom. The largest absolute Gasteiger partial charge is 0.299 e. The molecule has 1 heterocycles. The van der Waals surface area contributed by atoms with Crippen LogP contribution in [0.4, 0.5) is 0 Å². The van der Waals surface area contributed by atoms with E-state index < -0.39 is 0 Å². The summed E-state index contributed by atoms with van der Waals surface area (Å²) in [6.45, 7) is 4.92. The minimum absolute atomic E-state index is 0.292. The molecule has 0 radical (unpaired) electrons. The van der Waals surface area contributed by atoms with E-state index in [1.807, 2.05) is 11.6 Å². The monoisotopic (exact) mass is 262 g/mol. The number of hydrogen-bond acceptors (Lipinski definition) is 2. The molecule has 3 heteroatoms. The molecule has 1 aromatic heterocycles. The molecule has 1 aliphatic carbocycles. The molecule has 1 fully saturated rings. The molecule has 0 N–H and O–H groups in total. The van der Waals surface area contributed by atoms with Crippen LogP contribution in [-0.4, -0.2) is 15.6 Å². The van der Waals surface area contributed by atoms with E-state index in [4.69, 9.17) is 0 Å². The van der Waals surface area contributed by atoms with Crippen molar-refractivity contribution in [1.82, 2.24) is 9.78 Å². The molecule has 3 nitrogen and oxygen atoms in total. The third-order valence-electron chi connectivity index (χ3n) is 4.20. The minimum Gasteiger partial charge on any atom is -0.299 e. The number of nitrogens with zero attached hydrogens (tertiary/aromatic N) is 2. The lowest BCUT2D eigenvalue weighted by molar-refractivity contribution is -0.122. The van der Waals surface area contributed by atoms with Crippen molar-refractivity contribution in [2.45, 2.75) is 71.8 Å². The van der Waals surface area contributed by atoms with Crippen molar-refractivity contribution < 1.29 is 4.79 Å². The molecule has 0 spiro atoms. The van der Waals surface area contributed by atoms with Crippen molar-refractivity contribution in [3.05, 3.63) is 17.5 Å². The van der Waals surface area contributed by atoms with E-state index >= 15 is 0 Å². The number of Topliss-reactive ketones (excluding diaryl/α,β-unsaturated/α-hetero) is 1. The molecule has 19 heavy (non-hydrogen) atoms. The Labute approximate surface area is 116 Å². The Bertz CT molecular complexity index is 414. The Morgan fingerprint density at radius 1 is 1.26 bits per heavy atom. The van der Waals surface area contributed by atoms with Crippen LogP contribution in [0.25, 0.3) is 0 Å². The van der Waals surface area contributed by atoms with Crippen molar-refractivity contribution in [2.75, 3.05) is 0 Å². The summed E-state index contributed by atoms with van der Waals surface area (Å²) in [4.78, 5) is 12.5. The van der Waals surface area contributed by atoms with Gasteiger partial charge >= 0.3 is 0 Å². The van der Waals surface area contributed by atoms with Crippen molar-refractivity contribution >= 4 is 5.78 Å². The summed E-state index contributed by atoms with van der Waals surface area (Å²) in [6.07, 6.45) is 9.16. The number of carbonyl (C=O) groups is 1. The van der Waals surface area contributed by atoms with Crippen LogP contribution < -0.4 is 0 Å². The fourth-order valence-corrected chi connectivity index (χ4v) is 3.12. The van der Waals surface area contributed by atoms with Gasteiger partial charge in [0.2, 0.25) is 0 Å². The Morgan fingerprint density at radius 3 is 2.53 bits per heavy atom. The SMILES string of the molecule is CCn1nc(C)cc1CC(=O)C1CCCCCCC1. The van der Waals surface area contributed by atoms with Gasteiger partial charge in [-0.25, -0.2) is 0 Å². The van der Waals surface area contributed by atoms with Gasteiger partial charge in [-0.15, -0.1) is 0 Å². The summed E-state index contributed by atoms with van der Waals surface area (Å²) in [5.41, 5.74) is 2.11. The Hall–Kier alpha value is -1.12. The van der Waals surface area contributed by atoms with Gasteiger partial charge < -0.3 is 0 Å². The molecule has 106 valence electrons. The van der Waals surface area contributed by atoms with Crippen molar-refractivity contribution in [2.24, 2.45) is 5.92 Å². The molecular formula is C16H26N2O. The second-order valence-corrected chi connectivity index (χ2v) is 5.78. The summed E-state index contributed by atoms with van der Waals surface area (Å²) in [5.74, 6) is 0.720. The van der Waals surface area contributed by atoms with Crippen LogP contribution in [-0.2, 0) is 17.8 Å². The molecule has 1 saturated carbocycles. The van der Waals surface area contributed by atoms with Gasteiger partial charge in [-0.1, -0.05) is 32.1 Å². The first-order valence-electron chi connectivity index (χ1n) is 7.76. The summed E-state index contributed by atoms with van der Waals surface area (Å²) in [6, 6.07) is 2.06. The van der Waals surface area contributed by atoms with Crippen LogP contribution in [0.1, 0.15) is 63.3 Å². The van der Waals surface area contributed by atoms with Crippen molar-refractivity contribution in [3.63, 3.8) is 0 Å². The molecule has 0 atom stereocenters. The normalized spacial score (nSPS) is 18.0. The van der Waals surface area contributed by atoms with E-state index in [1.54, 1.807) is 0 Å². The zero-order valence-corrected chi connectivity index (χ0v) is 12.3. The highest BCUT2D eigenvalue weighted by atomic mass is 16.1. The molecular weight excluding hydrogens is 236 g/mol. The van der Waals surface area contributed by atoms with Gasteiger partial charge in [-0.2, -0.15) is 5.10 Å². The van der Waals surface area contributed by atoms with Crippen LogP contribution in [0.5, 0.6) is 0 Å². The highest BCUT2D eigenvalue weighted by molar-refractivity contribution is 5.82. The van der Waals surface area contributed by atoms with E-state index in [9.17, 15) is 4.79 Å². The highest BCUT2D eigenvalue weighted by Crippen LogP contribution is 2.24. The summed E-state index contributed by atoms with van der Waals surface area (Å²) in [7, 11) is 0. The summed E-state index contributed by atoms with van der Waals surface area (Å²) >= 11 is 0. The lowest BCUT2D eigenvalue weighted by atomic mass is 9.86. The van der Waals surface area contributed by atoms with Crippen LogP contribution in [0.2, 0.25) is 0 Å². The standard InChI is InChI=1S/C16H26N2O/c1-3-18-15(11-13(2)17-18)12-16(19)14-9-7-5-4-6-8-10-14/h11,14H,3-10,12H2,1-2H3. The number of aryl methyl sites for hydroxylation is 2. The van der Waals surface area contributed by atoms with E-state index in [-0.39, 0.29) is 0 Å². The summed E-state index contributed by atoms with van der Waals surface area (Å²) < 4.78 is 1.97.